The minimum atomic E-state index is -1.54. The standard InChI is InChI=1S/C11H18N6O7/c12-4(2-18)8-16-9(24-17-8)5(1-7(13)20)14-11(23)15-6(3-19)10(21)22/h4-6,18-19H,1-3,12H2,(H2,13,20)(H,21,22)(H2,14,15,23). The summed E-state index contributed by atoms with van der Waals surface area (Å²) >= 11 is 0. The van der Waals surface area contributed by atoms with Crippen molar-refractivity contribution in [1.82, 2.24) is 20.8 Å². The number of hydrogen-bond donors (Lipinski definition) is 7. The fourth-order valence-corrected chi connectivity index (χ4v) is 1.57. The van der Waals surface area contributed by atoms with Gasteiger partial charge in [0.15, 0.2) is 11.9 Å². The molecule has 0 saturated heterocycles. The molecule has 0 aliphatic carbocycles. The quantitative estimate of drug-likeness (QED) is 0.236. The minimum Gasteiger partial charge on any atom is -0.480 e. The molecule has 0 spiro atoms. The fraction of sp³-hybridized carbons (Fsp3) is 0.545. The molecule has 24 heavy (non-hydrogen) atoms. The van der Waals surface area contributed by atoms with E-state index < -0.39 is 55.7 Å². The maximum Gasteiger partial charge on any atom is 0.328 e. The number of aromatic nitrogens is 2. The summed E-state index contributed by atoms with van der Waals surface area (Å²) in [4.78, 5) is 37.5. The fourth-order valence-electron chi connectivity index (χ4n) is 1.57. The Morgan fingerprint density at radius 3 is 2.38 bits per heavy atom. The van der Waals surface area contributed by atoms with Crippen LogP contribution in [0.2, 0.25) is 0 Å². The van der Waals surface area contributed by atoms with E-state index in [1.54, 1.807) is 0 Å². The molecule has 0 radical (unpaired) electrons. The molecular formula is C11H18N6O7. The zero-order valence-corrected chi connectivity index (χ0v) is 12.4. The van der Waals surface area contributed by atoms with Gasteiger partial charge in [-0.15, -0.1) is 0 Å². The van der Waals surface area contributed by atoms with Crippen LogP contribution in [0.1, 0.15) is 30.2 Å². The van der Waals surface area contributed by atoms with Crippen molar-refractivity contribution < 1.29 is 34.2 Å². The number of aliphatic hydroxyl groups excluding tert-OH is 2. The monoisotopic (exact) mass is 346 g/mol. The third-order valence-corrected chi connectivity index (χ3v) is 2.78. The van der Waals surface area contributed by atoms with Crippen LogP contribution in [0.3, 0.4) is 0 Å². The van der Waals surface area contributed by atoms with Gasteiger partial charge in [0.25, 0.3) is 0 Å². The SMILES string of the molecule is NC(=O)CC(NC(=O)NC(CO)C(=O)O)c1nc(C(N)CO)no1. The summed E-state index contributed by atoms with van der Waals surface area (Å²) in [5, 5.41) is 34.2. The summed E-state index contributed by atoms with van der Waals surface area (Å²) in [6.45, 7) is -1.29. The number of hydrogen-bond acceptors (Lipinski definition) is 9. The Bertz CT molecular complexity index is 591. The van der Waals surface area contributed by atoms with Crippen LogP contribution in [0.5, 0.6) is 0 Å². The normalized spacial score (nSPS) is 14.5. The first-order chi connectivity index (χ1) is 11.3. The average molecular weight is 346 g/mol. The predicted octanol–water partition coefficient (Wildman–Crippen LogP) is -3.28. The second kappa shape index (κ2) is 8.76. The number of nitrogens with two attached hydrogens (primary N) is 2. The summed E-state index contributed by atoms with van der Waals surface area (Å²) in [5.74, 6) is -2.52. The lowest BCUT2D eigenvalue weighted by Crippen LogP contribution is -2.49. The Morgan fingerprint density at radius 1 is 1.21 bits per heavy atom. The number of aliphatic carboxylic acids is 1. The summed E-state index contributed by atoms with van der Waals surface area (Å²) in [6.07, 6.45) is -0.416. The van der Waals surface area contributed by atoms with Gasteiger partial charge in [-0.2, -0.15) is 4.98 Å². The van der Waals surface area contributed by atoms with Crippen molar-refractivity contribution in [2.45, 2.75) is 24.5 Å². The molecule has 1 rings (SSSR count). The molecule has 0 fully saturated rings. The van der Waals surface area contributed by atoms with Gasteiger partial charge in [-0.25, -0.2) is 9.59 Å². The van der Waals surface area contributed by atoms with Crippen LogP contribution < -0.4 is 22.1 Å². The van der Waals surface area contributed by atoms with E-state index in [1.807, 2.05) is 5.32 Å². The summed E-state index contributed by atoms with van der Waals surface area (Å²) in [5.41, 5.74) is 10.6. The second-order valence-electron chi connectivity index (χ2n) is 4.69. The molecular weight excluding hydrogens is 328 g/mol. The Hall–Kier alpha value is -2.77. The number of nitrogens with one attached hydrogen (secondary N) is 2. The molecule has 0 saturated carbocycles. The van der Waals surface area contributed by atoms with Crippen molar-refractivity contribution in [2.24, 2.45) is 11.5 Å². The number of carbonyl (C=O) groups excluding carboxylic acids is 2. The first-order valence-corrected chi connectivity index (χ1v) is 6.67. The van der Waals surface area contributed by atoms with E-state index in [4.69, 9.17) is 31.3 Å². The minimum absolute atomic E-state index is 0.0528. The van der Waals surface area contributed by atoms with E-state index in [0.717, 1.165) is 0 Å². The third-order valence-electron chi connectivity index (χ3n) is 2.78. The van der Waals surface area contributed by atoms with Gasteiger partial charge in [0.1, 0.15) is 6.04 Å². The van der Waals surface area contributed by atoms with Gasteiger partial charge in [-0.1, -0.05) is 5.16 Å². The van der Waals surface area contributed by atoms with Crippen LogP contribution in [0.15, 0.2) is 4.52 Å². The topological polar surface area (TPSA) is 227 Å². The number of primary amides is 1. The first kappa shape index (κ1) is 19.3. The molecule has 0 aliphatic rings. The largest absolute Gasteiger partial charge is 0.480 e. The van der Waals surface area contributed by atoms with Crippen LogP contribution in [0, 0.1) is 0 Å². The van der Waals surface area contributed by atoms with Gasteiger partial charge in [-0.05, 0) is 0 Å². The highest BCUT2D eigenvalue weighted by Gasteiger charge is 2.26. The van der Waals surface area contributed by atoms with Crippen molar-refractivity contribution >= 4 is 17.9 Å². The van der Waals surface area contributed by atoms with E-state index in [1.165, 1.54) is 0 Å². The van der Waals surface area contributed by atoms with Gasteiger partial charge in [0.05, 0.1) is 25.7 Å². The van der Waals surface area contributed by atoms with Gasteiger partial charge < -0.3 is 41.9 Å². The molecule has 3 atom stereocenters. The number of carboxylic acids is 1. The van der Waals surface area contributed by atoms with Crippen LogP contribution in [0.4, 0.5) is 4.79 Å². The van der Waals surface area contributed by atoms with Crippen LogP contribution >= 0.6 is 0 Å². The Balaban J connectivity index is 2.85. The van der Waals surface area contributed by atoms with E-state index >= 15 is 0 Å². The van der Waals surface area contributed by atoms with E-state index in [0.29, 0.717) is 0 Å². The third kappa shape index (κ3) is 5.45. The molecule has 1 aromatic heterocycles. The van der Waals surface area contributed by atoms with Crippen LogP contribution in [-0.4, -0.2) is 62.6 Å². The Morgan fingerprint density at radius 2 is 1.88 bits per heavy atom. The van der Waals surface area contributed by atoms with Crippen LogP contribution in [0.25, 0.3) is 0 Å². The number of carboxylic acid groups (broad SMARTS) is 1. The lowest BCUT2D eigenvalue weighted by molar-refractivity contribution is -0.140. The van der Waals surface area contributed by atoms with Crippen molar-refractivity contribution in [3.05, 3.63) is 11.7 Å². The number of carbonyl (C=O) groups is 3. The lowest BCUT2D eigenvalue weighted by Gasteiger charge is -2.16. The molecule has 0 aliphatic heterocycles. The van der Waals surface area contributed by atoms with Crippen molar-refractivity contribution in [2.75, 3.05) is 13.2 Å². The average Bonchev–Trinajstić information content (AvgIpc) is 3.00. The molecule has 13 heteroatoms. The molecule has 3 amide bonds. The lowest BCUT2D eigenvalue weighted by atomic mass is 10.2. The maximum absolute atomic E-state index is 11.8. The van der Waals surface area contributed by atoms with Crippen molar-refractivity contribution in [3.8, 4) is 0 Å². The smallest absolute Gasteiger partial charge is 0.328 e. The highest BCUT2D eigenvalue weighted by Crippen LogP contribution is 2.16. The maximum atomic E-state index is 11.8. The number of amides is 3. The van der Waals surface area contributed by atoms with Gasteiger partial charge in [0.2, 0.25) is 11.8 Å². The molecule has 13 nitrogen and oxygen atoms in total. The van der Waals surface area contributed by atoms with Crippen molar-refractivity contribution in [1.29, 1.82) is 0 Å². The highest BCUT2D eigenvalue weighted by molar-refractivity contribution is 5.83. The zero-order chi connectivity index (χ0) is 18.3. The molecule has 9 N–H and O–H groups in total. The summed E-state index contributed by atoms with van der Waals surface area (Å²) in [7, 11) is 0. The molecule has 0 aromatic carbocycles. The first-order valence-electron chi connectivity index (χ1n) is 6.67. The summed E-state index contributed by atoms with van der Waals surface area (Å²) < 4.78 is 4.86. The summed E-state index contributed by atoms with van der Waals surface area (Å²) in [6, 6.07) is -4.62. The zero-order valence-electron chi connectivity index (χ0n) is 12.4. The molecule has 0 bridgehead atoms. The van der Waals surface area contributed by atoms with Gasteiger partial charge in [-0.3, -0.25) is 4.79 Å². The number of rotatable bonds is 9. The number of urea groups is 1. The number of nitrogens with zero attached hydrogens (tertiary/aromatic N) is 2. The van der Waals surface area contributed by atoms with Crippen molar-refractivity contribution in [3.63, 3.8) is 0 Å². The number of aliphatic hydroxyl groups is 2. The predicted molar refractivity (Wildman–Crippen MR) is 75.0 cm³/mol. The van der Waals surface area contributed by atoms with Crippen LogP contribution in [-0.2, 0) is 9.59 Å². The molecule has 1 heterocycles. The van der Waals surface area contributed by atoms with E-state index in [-0.39, 0.29) is 11.7 Å². The molecule has 3 unspecified atom stereocenters. The highest BCUT2D eigenvalue weighted by atomic mass is 16.5. The Kier molecular flexibility index (Phi) is 7.03. The van der Waals surface area contributed by atoms with E-state index in [9.17, 15) is 14.4 Å². The molecule has 134 valence electrons. The Labute approximate surface area is 135 Å². The second-order valence-corrected chi connectivity index (χ2v) is 4.69. The van der Waals surface area contributed by atoms with Gasteiger partial charge >= 0.3 is 12.0 Å². The van der Waals surface area contributed by atoms with Gasteiger partial charge in [0, 0.05) is 0 Å². The van der Waals surface area contributed by atoms with E-state index in [2.05, 4.69) is 15.5 Å². The molecule has 1 aromatic rings.